The minimum atomic E-state index is -0.338. The molecule has 0 aromatic carbocycles. The molecule has 4 nitrogen and oxygen atoms in total. The lowest BCUT2D eigenvalue weighted by Crippen LogP contribution is -2.51. The monoisotopic (exact) mass is 160 g/mol. The van der Waals surface area contributed by atoms with Gasteiger partial charge in [0.1, 0.15) is 6.61 Å². The highest BCUT2D eigenvalue weighted by atomic mass is 16.5. The normalized spacial score (nSPS) is 11.4. The zero-order chi connectivity index (χ0) is 9.07. The highest BCUT2D eigenvalue weighted by Gasteiger charge is 2.22. The molecule has 0 aromatic heterocycles. The predicted octanol–water partition coefficient (Wildman–Crippen LogP) is 0.134. The van der Waals surface area contributed by atoms with E-state index in [1.54, 1.807) is 0 Å². The van der Waals surface area contributed by atoms with E-state index in [1.165, 1.54) is 12.1 Å². The minimum absolute atomic E-state index is 0.0355. The summed E-state index contributed by atoms with van der Waals surface area (Å²) in [5.41, 5.74) is -0.338. The summed E-state index contributed by atoms with van der Waals surface area (Å²) < 4.78 is 4.65. The third-order valence-electron chi connectivity index (χ3n) is 1.26. The summed E-state index contributed by atoms with van der Waals surface area (Å²) in [6, 6.07) is 0. The fourth-order valence-electron chi connectivity index (χ4n) is 0.567. The second kappa shape index (κ2) is 3.69. The van der Waals surface area contributed by atoms with Crippen LogP contribution in [0.5, 0.6) is 0 Å². The maximum absolute atomic E-state index is 11.1. The van der Waals surface area contributed by atoms with Crippen molar-refractivity contribution >= 4 is 5.91 Å². The Hall–Kier alpha value is -0.610. The van der Waals surface area contributed by atoms with Crippen LogP contribution in [0, 0.1) is 0 Å². The highest BCUT2D eigenvalue weighted by molar-refractivity contribution is 5.77. The molecule has 0 heterocycles. The average Bonchev–Trinajstić information content (AvgIpc) is 1.85. The number of rotatable bonds is 2. The molecule has 4 heteroatoms. The van der Waals surface area contributed by atoms with Crippen molar-refractivity contribution in [2.75, 3.05) is 13.7 Å². The number of nitrogens with two attached hydrogens (primary N) is 1. The van der Waals surface area contributed by atoms with Gasteiger partial charge in [0.05, 0.1) is 5.54 Å². The average molecular weight is 160 g/mol. The van der Waals surface area contributed by atoms with Gasteiger partial charge in [-0.3, -0.25) is 9.80 Å². The summed E-state index contributed by atoms with van der Waals surface area (Å²) in [5.74, 6) is 5.28. The first kappa shape index (κ1) is 10.4. The van der Waals surface area contributed by atoms with Crippen LogP contribution >= 0.6 is 0 Å². The minimum Gasteiger partial charge on any atom is -0.375 e. The predicted molar refractivity (Wildman–Crippen MR) is 42.7 cm³/mol. The van der Waals surface area contributed by atoms with Gasteiger partial charge in [-0.2, -0.15) is 0 Å². The molecule has 0 saturated carbocycles. The Morgan fingerprint density at radius 1 is 1.55 bits per heavy atom. The molecule has 0 unspecified atom stereocenters. The maximum Gasteiger partial charge on any atom is 0.262 e. The summed E-state index contributed by atoms with van der Waals surface area (Å²) in [6.07, 6.45) is 0. The Morgan fingerprint density at radius 2 is 2.00 bits per heavy atom. The zero-order valence-electron chi connectivity index (χ0n) is 7.55. The van der Waals surface area contributed by atoms with E-state index in [0.717, 1.165) is 0 Å². The third kappa shape index (κ3) is 3.34. The summed E-state index contributed by atoms with van der Waals surface area (Å²) in [6.45, 7) is 5.62. The van der Waals surface area contributed by atoms with Gasteiger partial charge in [-0.05, 0) is 20.8 Å². The van der Waals surface area contributed by atoms with E-state index >= 15 is 0 Å². The van der Waals surface area contributed by atoms with Crippen LogP contribution in [-0.4, -0.2) is 30.2 Å². The van der Waals surface area contributed by atoms with E-state index in [9.17, 15) is 4.79 Å². The van der Waals surface area contributed by atoms with Crippen molar-refractivity contribution in [3.8, 4) is 0 Å². The van der Waals surface area contributed by atoms with Gasteiger partial charge >= 0.3 is 0 Å². The Morgan fingerprint density at radius 3 is 2.27 bits per heavy atom. The lowest BCUT2D eigenvalue weighted by Gasteiger charge is -2.30. The Labute approximate surface area is 67.3 Å². The second-order valence-electron chi connectivity index (χ2n) is 3.37. The van der Waals surface area contributed by atoms with Crippen LogP contribution in [0.2, 0.25) is 0 Å². The molecule has 0 aliphatic heterocycles. The fraction of sp³-hybridized carbons (Fsp3) is 0.857. The molecular weight excluding hydrogens is 144 g/mol. The van der Waals surface area contributed by atoms with Gasteiger partial charge in [-0.25, -0.2) is 5.84 Å². The Bertz CT molecular complexity index is 140. The van der Waals surface area contributed by atoms with Gasteiger partial charge in [0.25, 0.3) is 5.91 Å². The molecule has 0 aliphatic rings. The van der Waals surface area contributed by atoms with Crippen LogP contribution in [0.4, 0.5) is 0 Å². The number of methoxy groups -OCH3 is 1. The van der Waals surface area contributed by atoms with E-state index < -0.39 is 0 Å². The SMILES string of the molecule is COCC(=O)N(N)C(C)(C)C. The zero-order valence-corrected chi connectivity index (χ0v) is 7.55. The van der Waals surface area contributed by atoms with Crippen LogP contribution in [0.25, 0.3) is 0 Å². The summed E-state index contributed by atoms with van der Waals surface area (Å²) >= 11 is 0. The number of ether oxygens (including phenoxy) is 1. The maximum atomic E-state index is 11.1. The first-order valence-corrected chi connectivity index (χ1v) is 3.46. The lowest BCUT2D eigenvalue weighted by molar-refractivity contribution is -0.140. The van der Waals surface area contributed by atoms with Gasteiger partial charge in [0, 0.05) is 7.11 Å². The first-order valence-electron chi connectivity index (χ1n) is 3.46. The van der Waals surface area contributed by atoms with Crippen LogP contribution in [0.1, 0.15) is 20.8 Å². The van der Waals surface area contributed by atoms with E-state index in [4.69, 9.17) is 5.84 Å². The molecule has 66 valence electrons. The van der Waals surface area contributed by atoms with Crippen molar-refractivity contribution in [1.82, 2.24) is 5.01 Å². The molecule has 0 spiro atoms. The molecule has 11 heavy (non-hydrogen) atoms. The highest BCUT2D eigenvalue weighted by Crippen LogP contribution is 2.07. The van der Waals surface area contributed by atoms with Crippen molar-refractivity contribution in [2.45, 2.75) is 26.3 Å². The topological polar surface area (TPSA) is 55.6 Å². The van der Waals surface area contributed by atoms with Gasteiger partial charge in [0.15, 0.2) is 0 Å². The van der Waals surface area contributed by atoms with Crippen molar-refractivity contribution < 1.29 is 9.53 Å². The van der Waals surface area contributed by atoms with Crippen LogP contribution in [0.3, 0.4) is 0 Å². The number of hydrazine groups is 1. The number of amides is 1. The Kier molecular flexibility index (Phi) is 3.48. The molecule has 0 aliphatic carbocycles. The fourth-order valence-corrected chi connectivity index (χ4v) is 0.567. The van der Waals surface area contributed by atoms with E-state index in [2.05, 4.69) is 4.74 Å². The van der Waals surface area contributed by atoms with Crippen molar-refractivity contribution in [3.05, 3.63) is 0 Å². The lowest BCUT2D eigenvalue weighted by atomic mass is 10.1. The molecule has 1 amide bonds. The molecule has 0 radical (unpaired) electrons. The smallest absolute Gasteiger partial charge is 0.262 e. The number of carbonyl (C=O) groups is 1. The summed E-state index contributed by atoms with van der Waals surface area (Å²) in [7, 11) is 1.47. The van der Waals surface area contributed by atoms with Crippen LogP contribution in [-0.2, 0) is 9.53 Å². The summed E-state index contributed by atoms with van der Waals surface area (Å²) in [4.78, 5) is 11.1. The van der Waals surface area contributed by atoms with Gasteiger partial charge in [0.2, 0.25) is 0 Å². The molecular formula is C7H16N2O2. The Balaban J connectivity index is 4.03. The van der Waals surface area contributed by atoms with Crippen molar-refractivity contribution in [1.29, 1.82) is 0 Å². The number of hydrogen-bond donors (Lipinski definition) is 1. The van der Waals surface area contributed by atoms with Crippen molar-refractivity contribution in [3.63, 3.8) is 0 Å². The van der Waals surface area contributed by atoms with Crippen LogP contribution < -0.4 is 5.84 Å². The number of nitrogens with zero attached hydrogens (tertiary/aromatic N) is 1. The van der Waals surface area contributed by atoms with E-state index in [0.29, 0.717) is 0 Å². The molecule has 2 N–H and O–H groups in total. The van der Waals surface area contributed by atoms with Crippen LogP contribution in [0.15, 0.2) is 0 Å². The summed E-state index contributed by atoms with van der Waals surface area (Å²) in [5, 5.41) is 1.18. The standard InChI is InChI=1S/C7H16N2O2/c1-7(2,3)9(8)6(10)5-11-4/h5,8H2,1-4H3. The molecule has 0 aromatic rings. The molecule has 0 rings (SSSR count). The number of carbonyl (C=O) groups excluding carboxylic acids is 1. The third-order valence-corrected chi connectivity index (χ3v) is 1.26. The van der Waals surface area contributed by atoms with E-state index in [1.807, 2.05) is 20.8 Å². The largest absolute Gasteiger partial charge is 0.375 e. The van der Waals surface area contributed by atoms with Gasteiger partial charge in [-0.1, -0.05) is 0 Å². The molecule has 0 saturated heterocycles. The van der Waals surface area contributed by atoms with E-state index in [-0.39, 0.29) is 18.1 Å². The molecule has 0 atom stereocenters. The second-order valence-corrected chi connectivity index (χ2v) is 3.37. The van der Waals surface area contributed by atoms with Crippen molar-refractivity contribution in [2.24, 2.45) is 5.84 Å². The van der Waals surface area contributed by atoms with Gasteiger partial charge in [-0.15, -0.1) is 0 Å². The number of hydrogen-bond acceptors (Lipinski definition) is 3. The first-order chi connectivity index (χ1) is 4.89. The molecule has 0 bridgehead atoms. The quantitative estimate of drug-likeness (QED) is 0.355. The van der Waals surface area contributed by atoms with Gasteiger partial charge < -0.3 is 4.74 Å². The molecule has 0 fully saturated rings.